The van der Waals surface area contributed by atoms with Crippen LogP contribution in [0.4, 0.5) is 4.79 Å². The Bertz CT molecular complexity index is 1090. The predicted octanol–water partition coefficient (Wildman–Crippen LogP) is 3.38. The van der Waals surface area contributed by atoms with Crippen molar-refractivity contribution in [2.75, 3.05) is 13.1 Å². The highest BCUT2D eigenvalue weighted by Gasteiger charge is 2.34. The van der Waals surface area contributed by atoms with Crippen molar-refractivity contribution < 1.29 is 33.8 Å². The van der Waals surface area contributed by atoms with Gasteiger partial charge in [0.15, 0.2) is 0 Å². The first-order valence-corrected chi connectivity index (χ1v) is 12.3. The number of carbonyl (C=O) groups is 4. The number of esters is 1. The van der Waals surface area contributed by atoms with Crippen LogP contribution in [0, 0.1) is 5.41 Å². The molecule has 9 nitrogen and oxygen atoms in total. The molecule has 1 fully saturated rings. The highest BCUT2D eigenvalue weighted by molar-refractivity contribution is 6.35. The van der Waals surface area contributed by atoms with E-state index in [2.05, 4.69) is 5.32 Å². The summed E-state index contributed by atoms with van der Waals surface area (Å²) < 4.78 is 10.7. The quantitative estimate of drug-likeness (QED) is 0.412. The number of nitrogens with one attached hydrogen (secondary N) is 1. The van der Waals surface area contributed by atoms with Gasteiger partial charge in [-0.05, 0) is 23.3 Å². The number of carbonyl (C=O) groups excluding carboxylic acids is 4. The summed E-state index contributed by atoms with van der Waals surface area (Å²) in [4.78, 5) is 51.8. The number of nitrogens with zero attached hydrogens (tertiary/aromatic N) is 1. The standard InChI is InChI=1S/C28H34N2O7/c1-28(2,3)24(32)26(34)37-22-13-15-30(16-14-22)25(33)23(17-19-9-11-21(31)12-10-19)29-27(35)36-18-20-7-5-4-6-8-20/h4-12,22-23,31H,13-18H2,1-3H3,(H,29,35)/t23-/m0/s1. The molecule has 1 atom stereocenters. The number of ketones is 1. The first kappa shape index (κ1) is 27.7. The normalized spacial score (nSPS) is 14.9. The highest BCUT2D eigenvalue weighted by Crippen LogP contribution is 2.20. The molecule has 1 saturated heterocycles. The Hall–Kier alpha value is -3.88. The maximum Gasteiger partial charge on any atom is 0.408 e. The zero-order valence-corrected chi connectivity index (χ0v) is 21.4. The predicted molar refractivity (Wildman–Crippen MR) is 136 cm³/mol. The molecular weight excluding hydrogens is 476 g/mol. The van der Waals surface area contributed by atoms with Gasteiger partial charge in [-0.1, -0.05) is 63.2 Å². The van der Waals surface area contributed by atoms with Crippen LogP contribution >= 0.6 is 0 Å². The fourth-order valence-electron chi connectivity index (χ4n) is 3.90. The van der Waals surface area contributed by atoms with E-state index in [1.165, 1.54) is 12.1 Å². The van der Waals surface area contributed by atoms with Crippen LogP contribution in [-0.2, 0) is 36.9 Å². The lowest BCUT2D eigenvalue weighted by molar-refractivity contribution is -0.163. The summed E-state index contributed by atoms with van der Waals surface area (Å²) in [6, 6.07) is 14.7. The van der Waals surface area contributed by atoms with E-state index >= 15 is 0 Å². The van der Waals surface area contributed by atoms with Crippen molar-refractivity contribution in [2.45, 2.75) is 58.8 Å². The number of phenols is 1. The number of hydrogen-bond acceptors (Lipinski definition) is 7. The molecule has 37 heavy (non-hydrogen) atoms. The minimum atomic E-state index is -0.894. The van der Waals surface area contributed by atoms with E-state index in [1.807, 2.05) is 30.3 Å². The number of phenolic OH excluding ortho intramolecular Hbond substituents is 1. The van der Waals surface area contributed by atoms with Crippen molar-refractivity contribution in [3.63, 3.8) is 0 Å². The van der Waals surface area contributed by atoms with Crippen molar-refractivity contribution in [1.82, 2.24) is 10.2 Å². The summed E-state index contributed by atoms with van der Waals surface area (Å²) in [6.07, 6.45) is -0.194. The molecule has 0 aromatic heterocycles. The number of likely N-dealkylation sites (tertiary alicyclic amines) is 1. The van der Waals surface area contributed by atoms with E-state index in [0.29, 0.717) is 25.9 Å². The smallest absolute Gasteiger partial charge is 0.408 e. The van der Waals surface area contributed by atoms with Gasteiger partial charge in [0, 0.05) is 37.8 Å². The molecule has 3 rings (SSSR count). The molecule has 2 aromatic carbocycles. The number of piperidine rings is 1. The third-order valence-corrected chi connectivity index (χ3v) is 6.07. The minimum absolute atomic E-state index is 0.0663. The second-order valence-electron chi connectivity index (χ2n) is 10.1. The number of alkyl carbamates (subject to hydrolysis) is 1. The first-order chi connectivity index (χ1) is 17.5. The third-order valence-electron chi connectivity index (χ3n) is 6.07. The molecule has 0 bridgehead atoms. The molecule has 1 aliphatic heterocycles. The van der Waals surface area contributed by atoms with Crippen LogP contribution < -0.4 is 5.32 Å². The van der Waals surface area contributed by atoms with Crippen LogP contribution in [0.2, 0.25) is 0 Å². The van der Waals surface area contributed by atoms with Crippen molar-refractivity contribution >= 4 is 23.8 Å². The maximum atomic E-state index is 13.4. The van der Waals surface area contributed by atoms with Gasteiger partial charge in [-0.2, -0.15) is 0 Å². The first-order valence-electron chi connectivity index (χ1n) is 12.3. The third kappa shape index (κ3) is 8.34. The average Bonchev–Trinajstić information content (AvgIpc) is 2.88. The molecule has 1 aliphatic rings. The van der Waals surface area contributed by atoms with Crippen LogP contribution in [0.5, 0.6) is 5.75 Å². The number of benzene rings is 2. The summed E-state index contributed by atoms with van der Waals surface area (Å²) >= 11 is 0. The van der Waals surface area contributed by atoms with E-state index in [9.17, 15) is 24.3 Å². The Morgan fingerprint density at radius 1 is 0.973 bits per heavy atom. The van der Waals surface area contributed by atoms with Gasteiger partial charge in [0.05, 0.1) is 0 Å². The zero-order chi connectivity index (χ0) is 27.0. The second-order valence-corrected chi connectivity index (χ2v) is 10.1. The van der Waals surface area contributed by atoms with Gasteiger partial charge >= 0.3 is 12.1 Å². The number of amides is 2. The van der Waals surface area contributed by atoms with E-state index in [-0.39, 0.29) is 24.7 Å². The molecule has 1 heterocycles. The molecule has 0 unspecified atom stereocenters. The lowest BCUT2D eigenvalue weighted by Gasteiger charge is -2.34. The summed E-state index contributed by atoms with van der Waals surface area (Å²) in [5, 5.41) is 12.2. The van der Waals surface area contributed by atoms with Crippen LogP contribution in [0.25, 0.3) is 0 Å². The Morgan fingerprint density at radius 2 is 1.59 bits per heavy atom. The number of rotatable bonds is 8. The fraction of sp³-hybridized carbons (Fsp3) is 0.429. The molecule has 0 radical (unpaired) electrons. The molecule has 2 aromatic rings. The van der Waals surface area contributed by atoms with Gasteiger partial charge < -0.3 is 24.8 Å². The lowest BCUT2D eigenvalue weighted by atomic mass is 9.91. The molecule has 0 spiro atoms. The number of hydrogen-bond donors (Lipinski definition) is 2. The van der Waals surface area contributed by atoms with E-state index in [0.717, 1.165) is 11.1 Å². The molecule has 2 N–H and O–H groups in total. The highest BCUT2D eigenvalue weighted by atomic mass is 16.6. The summed E-state index contributed by atoms with van der Waals surface area (Å²) in [5.74, 6) is -1.63. The molecule has 0 saturated carbocycles. The van der Waals surface area contributed by atoms with Crippen LogP contribution in [-0.4, -0.2) is 59.0 Å². The maximum absolute atomic E-state index is 13.4. The zero-order valence-electron chi connectivity index (χ0n) is 21.4. The summed E-state index contributed by atoms with van der Waals surface area (Å²) in [7, 11) is 0. The molecule has 2 amide bonds. The monoisotopic (exact) mass is 510 g/mol. The van der Waals surface area contributed by atoms with Gasteiger partial charge in [-0.25, -0.2) is 9.59 Å². The summed E-state index contributed by atoms with van der Waals surface area (Å²) in [6.45, 7) is 5.66. The SMILES string of the molecule is CC(C)(C)C(=O)C(=O)OC1CCN(C(=O)[C@H](Cc2ccc(O)cc2)NC(=O)OCc2ccccc2)CC1. The van der Waals surface area contributed by atoms with E-state index in [1.54, 1.807) is 37.8 Å². The van der Waals surface area contributed by atoms with Gasteiger partial charge in [-0.3, -0.25) is 9.59 Å². The fourth-order valence-corrected chi connectivity index (χ4v) is 3.90. The Morgan fingerprint density at radius 3 is 2.19 bits per heavy atom. The average molecular weight is 511 g/mol. The Kier molecular flexibility index (Phi) is 9.27. The molecule has 198 valence electrons. The van der Waals surface area contributed by atoms with Crippen molar-refractivity contribution in [2.24, 2.45) is 5.41 Å². The largest absolute Gasteiger partial charge is 0.508 e. The van der Waals surface area contributed by atoms with Gasteiger partial charge in [-0.15, -0.1) is 0 Å². The van der Waals surface area contributed by atoms with Crippen molar-refractivity contribution in [1.29, 1.82) is 0 Å². The Labute approximate surface area is 216 Å². The van der Waals surface area contributed by atoms with Crippen LogP contribution in [0.3, 0.4) is 0 Å². The number of ether oxygens (including phenoxy) is 2. The lowest BCUT2D eigenvalue weighted by Crippen LogP contribution is -2.52. The summed E-state index contributed by atoms with van der Waals surface area (Å²) in [5.41, 5.74) is 0.750. The van der Waals surface area contributed by atoms with E-state index in [4.69, 9.17) is 9.47 Å². The number of aromatic hydroxyl groups is 1. The van der Waals surface area contributed by atoms with Crippen LogP contribution in [0.1, 0.15) is 44.7 Å². The second kappa shape index (κ2) is 12.4. The minimum Gasteiger partial charge on any atom is -0.508 e. The van der Waals surface area contributed by atoms with Gasteiger partial charge in [0.1, 0.15) is 24.5 Å². The topological polar surface area (TPSA) is 122 Å². The number of Topliss-reactive ketones (excluding diaryl/α,β-unsaturated/α-hetero) is 1. The van der Waals surface area contributed by atoms with Crippen LogP contribution in [0.15, 0.2) is 54.6 Å². The molecule has 0 aliphatic carbocycles. The molecular formula is C28H34N2O7. The van der Waals surface area contributed by atoms with E-state index < -0.39 is 35.4 Å². The van der Waals surface area contributed by atoms with Crippen molar-refractivity contribution in [3.8, 4) is 5.75 Å². The molecule has 9 heteroatoms. The van der Waals surface area contributed by atoms with Gasteiger partial charge in [0.2, 0.25) is 11.7 Å². The van der Waals surface area contributed by atoms with Gasteiger partial charge in [0.25, 0.3) is 0 Å². The van der Waals surface area contributed by atoms with Crippen molar-refractivity contribution in [3.05, 3.63) is 65.7 Å². The Balaban J connectivity index is 1.60.